The zero-order chi connectivity index (χ0) is 15.0. The van der Waals surface area contributed by atoms with Crippen molar-refractivity contribution in [2.24, 2.45) is 0 Å². The number of fused-ring (bicyclic) bond motifs is 1. The van der Waals surface area contributed by atoms with Crippen LogP contribution in [-0.4, -0.2) is 11.0 Å². The molecule has 0 aliphatic heterocycles. The number of nitrogens with one attached hydrogen (secondary N) is 1. The van der Waals surface area contributed by atoms with Gasteiger partial charge in [0.15, 0.2) is 11.6 Å². The first kappa shape index (κ1) is 13.5. The van der Waals surface area contributed by atoms with Crippen LogP contribution in [0.3, 0.4) is 0 Å². The minimum absolute atomic E-state index is 0.235. The van der Waals surface area contributed by atoms with Crippen LogP contribution in [0.25, 0.3) is 10.1 Å². The number of amides is 1. The van der Waals surface area contributed by atoms with Gasteiger partial charge in [0.25, 0.3) is 5.91 Å². The number of rotatable bonds is 2. The van der Waals surface area contributed by atoms with Crippen LogP contribution in [0.15, 0.2) is 42.5 Å². The highest BCUT2D eigenvalue weighted by molar-refractivity contribution is 7.20. The van der Waals surface area contributed by atoms with Crippen LogP contribution in [0.4, 0.5) is 14.5 Å². The van der Waals surface area contributed by atoms with Gasteiger partial charge in [-0.2, -0.15) is 0 Å². The van der Waals surface area contributed by atoms with Crippen LogP contribution in [0, 0.1) is 11.6 Å². The highest BCUT2D eigenvalue weighted by atomic mass is 32.1. The lowest BCUT2D eigenvalue weighted by atomic mass is 10.2. The fourth-order valence-electron chi connectivity index (χ4n) is 1.89. The Morgan fingerprint density at radius 2 is 1.90 bits per heavy atom. The summed E-state index contributed by atoms with van der Waals surface area (Å²) in [5.41, 5.74) is 0.235. The SMILES string of the molecule is O=C(Nc1ccc(O)c(F)c1)c1cc2ccc(F)cc2s1. The maximum absolute atomic E-state index is 13.2. The maximum atomic E-state index is 13.2. The number of phenols is 1. The summed E-state index contributed by atoms with van der Waals surface area (Å²) >= 11 is 1.15. The molecule has 0 aliphatic rings. The average Bonchev–Trinajstić information content (AvgIpc) is 2.86. The molecule has 0 atom stereocenters. The number of hydrogen-bond donors (Lipinski definition) is 2. The van der Waals surface area contributed by atoms with E-state index in [9.17, 15) is 13.6 Å². The third-order valence-electron chi connectivity index (χ3n) is 2.91. The van der Waals surface area contributed by atoms with Crippen LogP contribution >= 0.6 is 11.3 Å². The second-order valence-corrected chi connectivity index (χ2v) is 5.50. The molecule has 3 rings (SSSR count). The summed E-state index contributed by atoms with van der Waals surface area (Å²) in [6, 6.07) is 9.50. The first-order chi connectivity index (χ1) is 10.0. The van der Waals surface area contributed by atoms with E-state index in [0.717, 1.165) is 28.9 Å². The van der Waals surface area contributed by atoms with Crippen LogP contribution < -0.4 is 5.32 Å². The van der Waals surface area contributed by atoms with Crippen molar-refractivity contribution in [3.8, 4) is 5.75 Å². The van der Waals surface area contributed by atoms with Gasteiger partial charge in [0.1, 0.15) is 5.82 Å². The predicted octanol–water partition coefficient (Wildman–Crippen LogP) is 4.14. The molecule has 0 radical (unpaired) electrons. The minimum atomic E-state index is -0.814. The largest absolute Gasteiger partial charge is 0.505 e. The van der Waals surface area contributed by atoms with Crippen molar-refractivity contribution in [2.45, 2.75) is 0 Å². The lowest BCUT2D eigenvalue weighted by Crippen LogP contribution is -2.10. The highest BCUT2D eigenvalue weighted by Gasteiger charge is 2.12. The number of carbonyl (C=O) groups excluding carboxylic acids is 1. The summed E-state index contributed by atoms with van der Waals surface area (Å²) in [7, 11) is 0. The van der Waals surface area contributed by atoms with E-state index < -0.39 is 17.5 Å². The summed E-state index contributed by atoms with van der Waals surface area (Å²) in [6.45, 7) is 0. The molecule has 0 saturated heterocycles. The van der Waals surface area contributed by atoms with Crippen molar-refractivity contribution < 1.29 is 18.7 Å². The fourth-order valence-corrected chi connectivity index (χ4v) is 2.88. The zero-order valence-electron chi connectivity index (χ0n) is 10.6. The Kier molecular flexibility index (Phi) is 3.31. The molecule has 6 heteroatoms. The topological polar surface area (TPSA) is 49.3 Å². The van der Waals surface area contributed by atoms with E-state index in [1.807, 2.05) is 0 Å². The molecule has 1 amide bonds. The van der Waals surface area contributed by atoms with Gasteiger partial charge in [-0.15, -0.1) is 11.3 Å². The monoisotopic (exact) mass is 305 g/mol. The Bertz CT molecular complexity index is 845. The Balaban J connectivity index is 1.87. The van der Waals surface area contributed by atoms with Crippen molar-refractivity contribution in [1.82, 2.24) is 0 Å². The molecule has 0 bridgehead atoms. The van der Waals surface area contributed by atoms with Gasteiger partial charge < -0.3 is 10.4 Å². The van der Waals surface area contributed by atoms with E-state index in [1.165, 1.54) is 18.2 Å². The third kappa shape index (κ3) is 2.71. The quantitative estimate of drug-likeness (QED) is 0.699. The molecule has 0 unspecified atom stereocenters. The van der Waals surface area contributed by atoms with E-state index in [1.54, 1.807) is 12.1 Å². The summed E-state index contributed by atoms with van der Waals surface area (Å²) in [6.07, 6.45) is 0. The molecule has 0 aliphatic carbocycles. The Labute approximate surface area is 122 Å². The van der Waals surface area contributed by atoms with Crippen molar-refractivity contribution in [3.63, 3.8) is 0 Å². The van der Waals surface area contributed by atoms with E-state index in [4.69, 9.17) is 5.11 Å². The van der Waals surface area contributed by atoms with E-state index in [0.29, 0.717) is 9.58 Å². The Hall–Kier alpha value is -2.47. The molecule has 2 aromatic carbocycles. The molecule has 1 aromatic heterocycles. The van der Waals surface area contributed by atoms with Gasteiger partial charge in [0.2, 0.25) is 0 Å². The molecule has 0 spiro atoms. The number of aromatic hydroxyl groups is 1. The molecule has 1 heterocycles. The van der Waals surface area contributed by atoms with E-state index in [-0.39, 0.29) is 11.5 Å². The van der Waals surface area contributed by atoms with Crippen LogP contribution in [-0.2, 0) is 0 Å². The van der Waals surface area contributed by atoms with Gasteiger partial charge in [-0.3, -0.25) is 4.79 Å². The Morgan fingerprint density at radius 3 is 2.67 bits per heavy atom. The van der Waals surface area contributed by atoms with Gasteiger partial charge in [-0.25, -0.2) is 8.78 Å². The average molecular weight is 305 g/mol. The zero-order valence-corrected chi connectivity index (χ0v) is 11.4. The summed E-state index contributed by atoms with van der Waals surface area (Å²) in [5, 5.41) is 12.4. The van der Waals surface area contributed by atoms with Crippen molar-refractivity contribution in [2.75, 3.05) is 5.32 Å². The molecule has 0 fully saturated rings. The lowest BCUT2D eigenvalue weighted by Gasteiger charge is -2.04. The van der Waals surface area contributed by atoms with Crippen molar-refractivity contribution in [1.29, 1.82) is 0 Å². The number of halogens is 2. The van der Waals surface area contributed by atoms with Gasteiger partial charge in [-0.1, -0.05) is 6.07 Å². The summed E-state index contributed by atoms with van der Waals surface area (Å²) in [4.78, 5) is 12.5. The second-order valence-electron chi connectivity index (χ2n) is 4.41. The first-order valence-corrected chi connectivity index (χ1v) is 6.83. The number of hydrogen-bond acceptors (Lipinski definition) is 3. The minimum Gasteiger partial charge on any atom is -0.505 e. The van der Waals surface area contributed by atoms with Crippen molar-refractivity contribution in [3.05, 3.63) is 59.0 Å². The molecular weight excluding hydrogens is 296 g/mol. The first-order valence-electron chi connectivity index (χ1n) is 6.02. The van der Waals surface area contributed by atoms with Crippen LogP contribution in [0.5, 0.6) is 5.75 Å². The number of thiophene rings is 1. The smallest absolute Gasteiger partial charge is 0.265 e. The molecular formula is C15H9F2NO2S. The van der Waals surface area contributed by atoms with Gasteiger partial charge >= 0.3 is 0 Å². The van der Waals surface area contributed by atoms with E-state index >= 15 is 0 Å². The molecule has 106 valence electrons. The third-order valence-corrected chi connectivity index (χ3v) is 4.01. The number of benzene rings is 2. The number of anilines is 1. The fraction of sp³-hybridized carbons (Fsp3) is 0. The predicted molar refractivity (Wildman–Crippen MR) is 77.8 cm³/mol. The van der Waals surface area contributed by atoms with Gasteiger partial charge in [0.05, 0.1) is 4.88 Å². The standard InChI is InChI=1S/C15H9F2NO2S/c16-9-2-1-8-5-14(21-13(8)6-9)15(20)18-10-3-4-12(19)11(17)7-10/h1-7,19H,(H,18,20). The van der Waals surface area contributed by atoms with Crippen molar-refractivity contribution >= 4 is 33.0 Å². The van der Waals surface area contributed by atoms with Gasteiger partial charge in [-0.05, 0) is 35.7 Å². The number of phenolic OH excluding ortho intramolecular Hbond substituents is 1. The Morgan fingerprint density at radius 1 is 1.10 bits per heavy atom. The molecule has 3 nitrogen and oxygen atoms in total. The summed E-state index contributed by atoms with van der Waals surface area (Å²) in [5.74, 6) is -2.07. The maximum Gasteiger partial charge on any atom is 0.265 e. The van der Waals surface area contributed by atoms with E-state index in [2.05, 4.69) is 5.32 Å². The van der Waals surface area contributed by atoms with Crippen LogP contribution in [0.2, 0.25) is 0 Å². The summed E-state index contributed by atoms with van der Waals surface area (Å²) < 4.78 is 27.0. The highest BCUT2D eigenvalue weighted by Crippen LogP contribution is 2.27. The molecule has 21 heavy (non-hydrogen) atoms. The lowest BCUT2D eigenvalue weighted by molar-refractivity contribution is 0.103. The molecule has 3 aromatic rings. The second kappa shape index (κ2) is 5.14. The number of carbonyl (C=O) groups is 1. The normalized spacial score (nSPS) is 10.8. The van der Waals surface area contributed by atoms with Crippen LogP contribution in [0.1, 0.15) is 9.67 Å². The molecule has 0 saturated carbocycles. The van der Waals surface area contributed by atoms with Gasteiger partial charge in [0, 0.05) is 16.5 Å². The molecule has 2 N–H and O–H groups in total.